The Labute approximate surface area is 200 Å². The molecule has 0 heterocycles. The van der Waals surface area contributed by atoms with Gasteiger partial charge in [-0.05, 0) is 25.8 Å². The molecule has 0 aromatic carbocycles. The van der Waals surface area contributed by atoms with Crippen LogP contribution in [0, 0.1) is 0 Å². The number of aliphatic hydroxyl groups is 2. The van der Waals surface area contributed by atoms with Crippen molar-refractivity contribution in [2.24, 2.45) is 5.10 Å². The summed E-state index contributed by atoms with van der Waals surface area (Å²) in [6, 6.07) is -1.84. The molecule has 0 aromatic rings. The van der Waals surface area contributed by atoms with Crippen molar-refractivity contribution in [2.45, 2.75) is 44.4 Å². The molecule has 0 spiro atoms. The van der Waals surface area contributed by atoms with E-state index in [0.717, 1.165) is 13.2 Å². The van der Waals surface area contributed by atoms with Gasteiger partial charge in [0.25, 0.3) is 0 Å². The van der Waals surface area contributed by atoms with E-state index in [0.29, 0.717) is 6.42 Å². The van der Waals surface area contributed by atoms with Gasteiger partial charge in [0, 0.05) is 5.57 Å². The highest BCUT2D eigenvalue weighted by Gasteiger charge is 2.34. The number of rotatable bonds is 16. The number of ether oxygens (including phenoxy) is 4. The first-order valence-electron chi connectivity index (χ1n) is 10.3. The first-order valence-corrected chi connectivity index (χ1v) is 10.3. The van der Waals surface area contributed by atoms with Crippen LogP contribution in [0.3, 0.4) is 0 Å². The van der Waals surface area contributed by atoms with E-state index in [2.05, 4.69) is 23.0 Å². The SMILES string of the molecule is C=CCCC(=C)/C(=N\N(CC(F)(F)F)C(CF)CF)OC(C)OC(COC(=O)OC)/C(O)=C\CO. The molecule has 2 N–H and O–H groups in total. The number of aliphatic hydroxyl groups excluding tert-OH is 2. The Hall–Kier alpha value is -2.87. The number of carbonyl (C=O) groups is 1. The van der Waals surface area contributed by atoms with Gasteiger partial charge in [-0.25, -0.2) is 13.6 Å². The largest absolute Gasteiger partial charge is 0.510 e. The summed E-state index contributed by atoms with van der Waals surface area (Å²) in [6.45, 7) is 2.62. The van der Waals surface area contributed by atoms with Crippen molar-refractivity contribution in [1.82, 2.24) is 5.01 Å². The summed E-state index contributed by atoms with van der Waals surface area (Å²) in [5.74, 6) is -1.06. The Bertz CT molecular complexity index is 727. The molecule has 0 aliphatic carbocycles. The summed E-state index contributed by atoms with van der Waals surface area (Å²) in [5.41, 5.74) is 0.0708. The van der Waals surface area contributed by atoms with Crippen LogP contribution in [-0.2, 0) is 18.9 Å². The second-order valence-corrected chi connectivity index (χ2v) is 6.90. The second kappa shape index (κ2) is 16.7. The van der Waals surface area contributed by atoms with Gasteiger partial charge in [0.05, 0.1) is 13.7 Å². The smallest absolute Gasteiger partial charge is 0.508 e. The first-order chi connectivity index (χ1) is 16.4. The molecule has 0 aliphatic heterocycles. The molecule has 35 heavy (non-hydrogen) atoms. The van der Waals surface area contributed by atoms with Crippen molar-refractivity contribution in [1.29, 1.82) is 0 Å². The molecule has 0 fully saturated rings. The van der Waals surface area contributed by atoms with Crippen molar-refractivity contribution in [3.05, 3.63) is 36.6 Å². The summed E-state index contributed by atoms with van der Waals surface area (Å²) in [6.07, 6.45) is -5.77. The highest BCUT2D eigenvalue weighted by atomic mass is 19.4. The lowest BCUT2D eigenvalue weighted by Gasteiger charge is -2.28. The number of hydrazone groups is 1. The fourth-order valence-corrected chi connectivity index (χ4v) is 2.35. The van der Waals surface area contributed by atoms with Crippen LogP contribution in [0.4, 0.5) is 26.7 Å². The van der Waals surface area contributed by atoms with Crippen LogP contribution in [-0.4, -0.2) is 92.1 Å². The predicted octanol–water partition coefficient (Wildman–Crippen LogP) is 3.96. The van der Waals surface area contributed by atoms with Crippen LogP contribution in [0.5, 0.6) is 0 Å². The minimum Gasteiger partial charge on any atom is -0.510 e. The third kappa shape index (κ3) is 13.6. The van der Waals surface area contributed by atoms with E-state index < -0.39 is 75.5 Å². The molecule has 2 unspecified atom stereocenters. The van der Waals surface area contributed by atoms with Gasteiger partial charge >= 0.3 is 12.3 Å². The Morgan fingerprint density at radius 2 is 1.89 bits per heavy atom. The number of halogens is 5. The molecule has 202 valence electrons. The van der Waals surface area contributed by atoms with Gasteiger partial charge in [0.15, 0.2) is 12.4 Å². The zero-order valence-corrected chi connectivity index (χ0v) is 19.5. The van der Waals surface area contributed by atoms with Crippen LogP contribution in [0.1, 0.15) is 19.8 Å². The number of methoxy groups -OCH3 is 1. The average molecular weight is 518 g/mol. The topological polar surface area (TPSA) is 110 Å². The highest BCUT2D eigenvalue weighted by molar-refractivity contribution is 5.92. The van der Waals surface area contributed by atoms with Gasteiger partial charge in [-0.2, -0.15) is 13.2 Å². The minimum absolute atomic E-state index is 0.0708. The molecule has 0 saturated heterocycles. The maximum atomic E-state index is 13.2. The molecular formula is C21H31F5N2O7. The lowest BCUT2D eigenvalue weighted by molar-refractivity contribution is -0.153. The standard InChI is InChI=1S/C21H31F5N2O7/c1-5-6-7-14(2)19(27-28(13-21(24,25)26)16(10-22)11-23)35-15(3)34-18(17(30)8-9-29)12-33-20(31)32-4/h5,8,15-16,18,29-30H,1-2,6-7,9-13H2,3-4H3/b17-8+,27-19+. The summed E-state index contributed by atoms with van der Waals surface area (Å²) in [4.78, 5) is 11.2. The average Bonchev–Trinajstić information content (AvgIpc) is 2.79. The van der Waals surface area contributed by atoms with Crippen LogP contribution in [0.25, 0.3) is 0 Å². The number of hydrogen-bond donors (Lipinski definition) is 2. The lowest BCUT2D eigenvalue weighted by atomic mass is 10.1. The van der Waals surface area contributed by atoms with E-state index >= 15 is 0 Å². The van der Waals surface area contributed by atoms with Gasteiger partial charge in [-0.1, -0.05) is 12.7 Å². The normalized spacial score (nSPS) is 14.3. The quantitative estimate of drug-likeness (QED) is 0.0462. The van der Waals surface area contributed by atoms with Crippen LogP contribution >= 0.6 is 0 Å². The molecule has 0 amide bonds. The van der Waals surface area contributed by atoms with Crippen molar-refractivity contribution >= 4 is 12.1 Å². The van der Waals surface area contributed by atoms with Gasteiger partial charge in [-0.3, -0.25) is 5.01 Å². The third-order valence-corrected chi connectivity index (χ3v) is 4.07. The third-order valence-electron chi connectivity index (χ3n) is 4.07. The van der Waals surface area contributed by atoms with E-state index in [4.69, 9.17) is 19.3 Å². The summed E-state index contributed by atoms with van der Waals surface area (Å²) < 4.78 is 85.3. The highest BCUT2D eigenvalue weighted by Crippen LogP contribution is 2.21. The van der Waals surface area contributed by atoms with Crippen molar-refractivity contribution in [3.8, 4) is 0 Å². The monoisotopic (exact) mass is 518 g/mol. The van der Waals surface area contributed by atoms with E-state index in [-0.39, 0.29) is 17.0 Å². The van der Waals surface area contributed by atoms with Crippen molar-refractivity contribution < 1.29 is 55.9 Å². The molecule has 0 radical (unpaired) electrons. The number of hydrogen-bond acceptors (Lipinski definition) is 9. The maximum Gasteiger partial charge on any atom is 0.508 e. The molecule has 0 aromatic heterocycles. The van der Waals surface area contributed by atoms with Crippen LogP contribution in [0.2, 0.25) is 0 Å². The molecule has 14 heteroatoms. The molecule has 9 nitrogen and oxygen atoms in total. The van der Waals surface area contributed by atoms with E-state index in [1.165, 1.54) is 13.0 Å². The molecule has 2 atom stereocenters. The molecular weight excluding hydrogens is 487 g/mol. The van der Waals surface area contributed by atoms with E-state index in [1.807, 2.05) is 0 Å². The second-order valence-electron chi connectivity index (χ2n) is 6.90. The van der Waals surface area contributed by atoms with Gasteiger partial charge in [0.1, 0.15) is 38.3 Å². The van der Waals surface area contributed by atoms with E-state index in [9.17, 15) is 31.9 Å². The van der Waals surface area contributed by atoms with Gasteiger partial charge in [0.2, 0.25) is 5.90 Å². The Balaban J connectivity index is 5.93. The Morgan fingerprint density at radius 1 is 1.26 bits per heavy atom. The molecule has 0 bridgehead atoms. The minimum atomic E-state index is -4.83. The van der Waals surface area contributed by atoms with Gasteiger partial charge in [-0.15, -0.1) is 11.7 Å². The fourth-order valence-electron chi connectivity index (χ4n) is 2.35. The number of nitrogens with zero attached hydrogens (tertiary/aromatic N) is 2. The maximum absolute atomic E-state index is 13.2. The van der Waals surface area contributed by atoms with Gasteiger partial charge < -0.3 is 29.2 Å². The Kier molecular flexibility index (Phi) is 15.3. The molecule has 0 saturated carbocycles. The lowest BCUT2D eigenvalue weighted by Crippen LogP contribution is -2.42. The van der Waals surface area contributed by atoms with Crippen molar-refractivity contribution in [2.75, 3.05) is 40.2 Å². The number of allylic oxidation sites excluding steroid dienone is 1. The summed E-state index contributed by atoms with van der Waals surface area (Å²) >= 11 is 0. The zero-order valence-electron chi connectivity index (χ0n) is 19.5. The Morgan fingerprint density at radius 3 is 2.37 bits per heavy atom. The van der Waals surface area contributed by atoms with Crippen LogP contribution in [0.15, 0.2) is 41.7 Å². The fraction of sp³-hybridized carbons (Fsp3) is 0.619. The van der Waals surface area contributed by atoms with Crippen LogP contribution < -0.4 is 0 Å². The zero-order chi connectivity index (χ0) is 27.0. The molecule has 0 rings (SSSR count). The summed E-state index contributed by atoms with van der Waals surface area (Å²) in [7, 11) is 1.04. The molecule has 0 aliphatic rings. The number of carbonyl (C=O) groups excluding carboxylic acids is 1. The van der Waals surface area contributed by atoms with E-state index in [1.54, 1.807) is 0 Å². The number of alkyl halides is 5. The summed E-state index contributed by atoms with van der Waals surface area (Å²) in [5, 5.41) is 22.8. The van der Waals surface area contributed by atoms with Crippen molar-refractivity contribution in [3.63, 3.8) is 0 Å². The predicted molar refractivity (Wildman–Crippen MR) is 116 cm³/mol. The first kappa shape index (κ1) is 32.1.